The van der Waals surface area contributed by atoms with Crippen LogP contribution in [0.5, 0.6) is 0 Å². The molecule has 204 valence electrons. The van der Waals surface area contributed by atoms with Crippen LogP contribution in [0.2, 0.25) is 0 Å². The van der Waals surface area contributed by atoms with Gasteiger partial charge in [0.05, 0.1) is 40.6 Å². The SMILES string of the molecule is Cc1c(NC(=O)CC(c2ccc([N+](=O)[O-])cc2)N2C(=O)C3C4C=CC(C4)C3C2=O)c(=O)n(-c2ccccc2)n1C. The molecule has 40 heavy (non-hydrogen) atoms. The summed E-state index contributed by atoms with van der Waals surface area (Å²) in [7, 11) is 1.71. The highest BCUT2D eigenvalue weighted by Gasteiger charge is 2.60. The number of fused-ring (bicyclic) bond motifs is 5. The van der Waals surface area contributed by atoms with Crippen LogP contribution in [0.1, 0.15) is 30.1 Å². The Morgan fingerprint density at radius 3 is 2.17 bits per heavy atom. The normalized spacial score (nSPS) is 23.5. The zero-order valence-electron chi connectivity index (χ0n) is 21.9. The van der Waals surface area contributed by atoms with Crippen molar-refractivity contribution >= 4 is 29.1 Å². The van der Waals surface area contributed by atoms with E-state index in [1.165, 1.54) is 33.8 Å². The maximum Gasteiger partial charge on any atom is 0.295 e. The molecule has 5 unspecified atom stereocenters. The fraction of sp³-hybridized carbons (Fsp3) is 0.310. The molecule has 0 radical (unpaired) electrons. The molecule has 2 aliphatic carbocycles. The number of amides is 3. The average Bonchev–Trinajstić information content (AvgIpc) is 3.68. The summed E-state index contributed by atoms with van der Waals surface area (Å²) in [6.07, 6.45) is 4.44. The minimum Gasteiger partial charge on any atom is -0.320 e. The number of rotatable bonds is 7. The second-order valence-electron chi connectivity index (χ2n) is 10.6. The van der Waals surface area contributed by atoms with Crippen LogP contribution in [0.15, 0.2) is 71.5 Å². The van der Waals surface area contributed by atoms with Gasteiger partial charge in [0.2, 0.25) is 17.7 Å². The summed E-state index contributed by atoms with van der Waals surface area (Å²) in [5.74, 6) is -2.15. The Balaban J connectivity index is 1.32. The van der Waals surface area contributed by atoms with Crippen molar-refractivity contribution in [1.29, 1.82) is 0 Å². The largest absolute Gasteiger partial charge is 0.320 e. The molecule has 1 aromatic heterocycles. The van der Waals surface area contributed by atoms with Gasteiger partial charge in [0.15, 0.2) is 0 Å². The zero-order valence-corrected chi connectivity index (χ0v) is 21.9. The predicted molar refractivity (Wildman–Crippen MR) is 144 cm³/mol. The van der Waals surface area contributed by atoms with Crippen molar-refractivity contribution in [2.45, 2.75) is 25.8 Å². The number of nitro benzene ring substituents is 1. The third-order valence-electron chi connectivity index (χ3n) is 8.50. The molecular formula is C29H27N5O6. The van der Waals surface area contributed by atoms with Gasteiger partial charge < -0.3 is 5.32 Å². The standard InChI is InChI=1S/C29H27N5O6/c1-16-26(29(38)33(31(16)2)20-6-4-3-5-7-20)30-23(35)15-22(17-10-12-21(13-11-17)34(39)40)32-27(36)24-18-8-9-19(14-18)25(24)28(32)37/h3-13,18-19,22,24-25H,14-15H2,1-2H3,(H,30,35). The summed E-state index contributed by atoms with van der Waals surface area (Å²) >= 11 is 0. The molecule has 2 aromatic carbocycles. The number of allylic oxidation sites excluding steroid dienone is 2. The third-order valence-corrected chi connectivity index (χ3v) is 8.50. The van der Waals surface area contributed by atoms with Crippen LogP contribution in [0.4, 0.5) is 11.4 Å². The topological polar surface area (TPSA) is 137 Å². The van der Waals surface area contributed by atoms with E-state index >= 15 is 0 Å². The first-order chi connectivity index (χ1) is 19.2. The summed E-state index contributed by atoms with van der Waals surface area (Å²) in [5, 5.41) is 13.9. The van der Waals surface area contributed by atoms with E-state index in [0.29, 0.717) is 16.9 Å². The fourth-order valence-electron chi connectivity index (χ4n) is 6.49. The molecule has 1 saturated heterocycles. The fourth-order valence-corrected chi connectivity index (χ4v) is 6.49. The number of nitrogens with one attached hydrogen (secondary N) is 1. The highest BCUT2D eigenvalue weighted by atomic mass is 16.6. The molecule has 5 atom stereocenters. The van der Waals surface area contributed by atoms with Crippen LogP contribution >= 0.6 is 0 Å². The molecule has 1 aliphatic heterocycles. The highest BCUT2D eigenvalue weighted by Crippen LogP contribution is 2.54. The summed E-state index contributed by atoms with van der Waals surface area (Å²) in [6, 6.07) is 13.5. The van der Waals surface area contributed by atoms with Crippen LogP contribution in [0.25, 0.3) is 5.69 Å². The number of benzene rings is 2. The highest BCUT2D eigenvalue weighted by molar-refractivity contribution is 6.07. The molecule has 2 heterocycles. The molecule has 6 rings (SSSR count). The number of carbonyl (C=O) groups is 3. The molecular weight excluding hydrogens is 514 g/mol. The van der Waals surface area contributed by atoms with Gasteiger partial charge in [0, 0.05) is 19.2 Å². The van der Waals surface area contributed by atoms with Crippen LogP contribution in [-0.4, -0.2) is 36.9 Å². The number of likely N-dealkylation sites (tertiary alicyclic amines) is 1. The van der Waals surface area contributed by atoms with E-state index in [0.717, 1.165) is 6.42 Å². The van der Waals surface area contributed by atoms with Crippen molar-refractivity contribution in [3.63, 3.8) is 0 Å². The van der Waals surface area contributed by atoms with Gasteiger partial charge in [-0.3, -0.25) is 38.9 Å². The van der Waals surface area contributed by atoms with Gasteiger partial charge in [0.25, 0.3) is 11.2 Å². The number of non-ortho nitro benzene ring substituents is 1. The zero-order chi connectivity index (χ0) is 28.3. The molecule has 11 heteroatoms. The van der Waals surface area contributed by atoms with E-state index in [9.17, 15) is 29.3 Å². The molecule has 2 fully saturated rings. The number of imide groups is 1. The summed E-state index contributed by atoms with van der Waals surface area (Å²) in [6.45, 7) is 1.71. The number of aromatic nitrogens is 2. The van der Waals surface area contributed by atoms with Crippen molar-refractivity contribution in [1.82, 2.24) is 14.3 Å². The molecule has 11 nitrogen and oxygen atoms in total. The van der Waals surface area contributed by atoms with Crippen LogP contribution < -0.4 is 10.9 Å². The van der Waals surface area contributed by atoms with Crippen molar-refractivity contribution < 1.29 is 19.3 Å². The Kier molecular flexibility index (Phi) is 6.01. The lowest BCUT2D eigenvalue weighted by atomic mass is 9.85. The monoisotopic (exact) mass is 541 g/mol. The smallest absolute Gasteiger partial charge is 0.295 e. The first-order valence-corrected chi connectivity index (χ1v) is 13.1. The number of carbonyl (C=O) groups excluding carboxylic acids is 3. The van der Waals surface area contributed by atoms with Crippen molar-refractivity contribution in [2.24, 2.45) is 30.7 Å². The van der Waals surface area contributed by atoms with E-state index < -0.39 is 34.3 Å². The van der Waals surface area contributed by atoms with E-state index in [1.807, 2.05) is 18.2 Å². The lowest BCUT2D eigenvalue weighted by molar-refractivity contribution is -0.384. The second-order valence-corrected chi connectivity index (χ2v) is 10.6. The molecule has 1 N–H and O–H groups in total. The number of hydrogen-bond donors (Lipinski definition) is 1. The van der Waals surface area contributed by atoms with Crippen molar-refractivity contribution in [2.75, 3.05) is 5.32 Å². The van der Waals surface area contributed by atoms with Crippen molar-refractivity contribution in [3.8, 4) is 5.69 Å². The summed E-state index contributed by atoms with van der Waals surface area (Å²) in [4.78, 5) is 65.8. The molecule has 3 aliphatic rings. The molecule has 3 aromatic rings. The number of para-hydroxylation sites is 1. The van der Waals surface area contributed by atoms with E-state index in [-0.39, 0.29) is 41.4 Å². The lowest BCUT2D eigenvalue weighted by Crippen LogP contribution is -2.38. The lowest BCUT2D eigenvalue weighted by Gasteiger charge is -2.28. The maximum absolute atomic E-state index is 13.6. The molecule has 1 saturated carbocycles. The first kappa shape index (κ1) is 25.5. The second kappa shape index (κ2) is 9.44. The Morgan fingerprint density at radius 1 is 1.00 bits per heavy atom. The molecule has 3 amide bonds. The summed E-state index contributed by atoms with van der Waals surface area (Å²) in [5.41, 5.74) is 1.11. The predicted octanol–water partition coefficient (Wildman–Crippen LogP) is 3.27. The number of nitrogens with zero attached hydrogens (tertiary/aromatic N) is 4. The maximum atomic E-state index is 13.6. The molecule has 0 spiro atoms. The van der Waals surface area contributed by atoms with Gasteiger partial charge >= 0.3 is 0 Å². The average molecular weight is 542 g/mol. The van der Waals surface area contributed by atoms with Crippen LogP contribution in [-0.2, 0) is 21.4 Å². The van der Waals surface area contributed by atoms with Gasteiger partial charge in [-0.2, -0.15) is 0 Å². The number of anilines is 1. The first-order valence-electron chi connectivity index (χ1n) is 13.1. The Hall–Kier alpha value is -4.80. The van der Waals surface area contributed by atoms with Crippen LogP contribution in [0, 0.1) is 40.7 Å². The Morgan fingerprint density at radius 2 is 1.60 bits per heavy atom. The quantitative estimate of drug-likeness (QED) is 0.211. The van der Waals surface area contributed by atoms with Gasteiger partial charge in [-0.05, 0) is 42.9 Å². The Labute approximate surface area is 228 Å². The van der Waals surface area contributed by atoms with E-state index in [4.69, 9.17) is 0 Å². The Bertz CT molecular complexity index is 1610. The van der Waals surface area contributed by atoms with Gasteiger partial charge in [0.1, 0.15) is 5.69 Å². The number of nitro groups is 1. The summed E-state index contributed by atoms with van der Waals surface area (Å²) < 4.78 is 3.08. The molecule has 2 bridgehead atoms. The minimum absolute atomic E-state index is 0.00814. The van der Waals surface area contributed by atoms with E-state index in [2.05, 4.69) is 5.32 Å². The van der Waals surface area contributed by atoms with Gasteiger partial charge in [-0.1, -0.05) is 42.5 Å². The number of hydrogen-bond acceptors (Lipinski definition) is 6. The minimum atomic E-state index is -0.980. The van der Waals surface area contributed by atoms with Crippen LogP contribution in [0.3, 0.4) is 0 Å². The van der Waals surface area contributed by atoms with Gasteiger partial charge in [-0.25, -0.2) is 4.68 Å². The van der Waals surface area contributed by atoms with Crippen molar-refractivity contribution in [3.05, 3.63) is 98.5 Å². The van der Waals surface area contributed by atoms with Gasteiger partial charge in [-0.15, -0.1) is 0 Å². The van der Waals surface area contributed by atoms with E-state index in [1.54, 1.807) is 42.9 Å². The third kappa shape index (κ3) is 3.88.